The van der Waals surface area contributed by atoms with E-state index in [4.69, 9.17) is 10.3 Å². The molecule has 1 saturated carbocycles. The molecule has 2 aromatic rings. The topological polar surface area (TPSA) is 99.1 Å². The van der Waals surface area contributed by atoms with Gasteiger partial charge in [-0.05, 0) is 43.5 Å². The summed E-state index contributed by atoms with van der Waals surface area (Å²) in [5.74, 6) is 0.961. The van der Waals surface area contributed by atoms with E-state index in [1.54, 1.807) is 31.2 Å². The van der Waals surface area contributed by atoms with E-state index in [2.05, 4.69) is 10.1 Å². The molecule has 0 amide bonds. The zero-order valence-corrected chi connectivity index (χ0v) is 13.8. The van der Waals surface area contributed by atoms with E-state index in [0.717, 1.165) is 19.3 Å². The first-order chi connectivity index (χ1) is 9.94. The van der Waals surface area contributed by atoms with Gasteiger partial charge >= 0.3 is 0 Å². The van der Waals surface area contributed by atoms with Crippen LogP contribution in [0.3, 0.4) is 0 Å². The van der Waals surface area contributed by atoms with Gasteiger partial charge < -0.3 is 10.3 Å². The molecule has 22 heavy (non-hydrogen) atoms. The van der Waals surface area contributed by atoms with Crippen LogP contribution in [0.1, 0.15) is 32.0 Å². The van der Waals surface area contributed by atoms with Crippen molar-refractivity contribution in [3.63, 3.8) is 0 Å². The largest absolute Gasteiger partial charge is 0.334 e. The number of sulfone groups is 1. The molecule has 1 aromatic heterocycles. The van der Waals surface area contributed by atoms with Crippen molar-refractivity contribution >= 4 is 22.2 Å². The van der Waals surface area contributed by atoms with Crippen LogP contribution in [0.4, 0.5) is 0 Å². The number of halogens is 1. The van der Waals surface area contributed by atoms with Crippen molar-refractivity contribution in [2.24, 2.45) is 5.73 Å². The van der Waals surface area contributed by atoms with E-state index < -0.39 is 15.4 Å². The maximum atomic E-state index is 11.8. The summed E-state index contributed by atoms with van der Waals surface area (Å²) in [6, 6.07) is 6.45. The molecule has 1 fully saturated rings. The minimum Gasteiger partial charge on any atom is -0.334 e. The summed E-state index contributed by atoms with van der Waals surface area (Å²) in [5.41, 5.74) is 6.37. The predicted molar refractivity (Wildman–Crippen MR) is 84.4 cm³/mol. The highest BCUT2D eigenvalue weighted by molar-refractivity contribution is 7.91. The van der Waals surface area contributed by atoms with E-state index in [0.29, 0.717) is 22.2 Å². The fraction of sp³-hybridized carbons (Fsp3) is 0.429. The molecule has 1 heterocycles. The van der Waals surface area contributed by atoms with Crippen LogP contribution >= 0.6 is 12.4 Å². The Balaban J connectivity index is 0.00000176. The highest BCUT2D eigenvalue weighted by Crippen LogP contribution is 2.37. The fourth-order valence-corrected chi connectivity index (χ4v) is 3.18. The normalized spacial score (nSPS) is 16.6. The van der Waals surface area contributed by atoms with Crippen LogP contribution < -0.4 is 5.73 Å². The quantitative estimate of drug-likeness (QED) is 0.914. The van der Waals surface area contributed by atoms with Crippen LogP contribution in [0.5, 0.6) is 0 Å². The Labute approximate surface area is 135 Å². The van der Waals surface area contributed by atoms with Crippen LogP contribution in [-0.2, 0) is 15.4 Å². The van der Waals surface area contributed by atoms with Crippen LogP contribution in [0, 0.1) is 0 Å². The first-order valence-electron chi connectivity index (χ1n) is 6.91. The number of hydrogen-bond donors (Lipinski definition) is 1. The van der Waals surface area contributed by atoms with Crippen LogP contribution in [0.2, 0.25) is 0 Å². The van der Waals surface area contributed by atoms with Gasteiger partial charge in [0.05, 0.1) is 16.2 Å². The Morgan fingerprint density at radius 2 is 1.91 bits per heavy atom. The molecule has 120 valence electrons. The number of rotatable bonds is 4. The number of nitrogens with zero attached hydrogens (tertiary/aromatic N) is 2. The number of aromatic nitrogens is 2. The van der Waals surface area contributed by atoms with Gasteiger partial charge in [-0.1, -0.05) is 12.1 Å². The van der Waals surface area contributed by atoms with Crippen LogP contribution in [0.25, 0.3) is 11.5 Å². The van der Waals surface area contributed by atoms with Crippen molar-refractivity contribution in [3.8, 4) is 11.5 Å². The van der Waals surface area contributed by atoms with Gasteiger partial charge in [0.25, 0.3) is 5.89 Å². The number of benzene rings is 1. The molecule has 0 aliphatic heterocycles. The highest BCUT2D eigenvalue weighted by Gasteiger charge is 2.39. The average Bonchev–Trinajstić information content (AvgIpc) is 2.95. The SMILES string of the molecule is CCS(=O)(=O)c1ccc(-c2nc(C3(N)CCC3)no2)cc1.Cl. The van der Waals surface area contributed by atoms with Gasteiger partial charge in [0.1, 0.15) is 0 Å². The average molecular weight is 344 g/mol. The molecule has 0 unspecified atom stereocenters. The second-order valence-electron chi connectivity index (χ2n) is 5.36. The van der Waals surface area contributed by atoms with Gasteiger partial charge in [-0.25, -0.2) is 8.42 Å². The van der Waals surface area contributed by atoms with E-state index in [1.807, 2.05) is 0 Å². The van der Waals surface area contributed by atoms with Crippen molar-refractivity contribution in [3.05, 3.63) is 30.1 Å². The molecule has 6 nitrogen and oxygen atoms in total. The van der Waals surface area contributed by atoms with E-state index in [-0.39, 0.29) is 18.2 Å². The van der Waals surface area contributed by atoms with Crippen molar-refractivity contribution < 1.29 is 12.9 Å². The van der Waals surface area contributed by atoms with Gasteiger partial charge in [-0.15, -0.1) is 12.4 Å². The lowest BCUT2D eigenvalue weighted by molar-refractivity contribution is 0.229. The molecule has 0 saturated heterocycles. The molecule has 2 N–H and O–H groups in total. The molecule has 3 rings (SSSR count). The summed E-state index contributed by atoms with van der Waals surface area (Å²) in [5, 5.41) is 3.94. The molecule has 1 aromatic carbocycles. The molecule has 0 atom stereocenters. The summed E-state index contributed by atoms with van der Waals surface area (Å²) in [4.78, 5) is 4.63. The molecule has 8 heteroatoms. The maximum absolute atomic E-state index is 11.8. The van der Waals surface area contributed by atoms with Crippen molar-refractivity contribution in [2.75, 3.05) is 5.75 Å². The number of nitrogens with two attached hydrogens (primary N) is 1. The van der Waals surface area contributed by atoms with Gasteiger partial charge in [0.2, 0.25) is 0 Å². The second kappa shape index (κ2) is 5.98. The standard InChI is InChI=1S/C14H17N3O3S.ClH/c1-2-21(18,19)11-6-4-10(5-7-11)12-16-13(17-20-12)14(15)8-3-9-14;/h4-7H,2-3,8-9,15H2,1H3;1H. The molecular formula is C14H18ClN3O3S. The van der Waals surface area contributed by atoms with Crippen LogP contribution in [0.15, 0.2) is 33.7 Å². The van der Waals surface area contributed by atoms with Crippen LogP contribution in [-0.4, -0.2) is 24.3 Å². The summed E-state index contributed by atoms with van der Waals surface area (Å²) in [7, 11) is -3.20. The van der Waals surface area contributed by atoms with Crippen molar-refractivity contribution in [2.45, 2.75) is 36.6 Å². The highest BCUT2D eigenvalue weighted by atomic mass is 35.5. The van der Waals surface area contributed by atoms with Gasteiger partial charge in [-0.2, -0.15) is 4.98 Å². The lowest BCUT2D eigenvalue weighted by Crippen LogP contribution is -2.44. The Hall–Kier alpha value is -1.44. The maximum Gasteiger partial charge on any atom is 0.257 e. The van der Waals surface area contributed by atoms with Gasteiger partial charge in [-0.3, -0.25) is 0 Å². The molecule has 1 aliphatic carbocycles. The predicted octanol–water partition coefficient (Wildman–Crippen LogP) is 2.29. The van der Waals surface area contributed by atoms with Gasteiger partial charge in [0.15, 0.2) is 15.7 Å². The summed E-state index contributed by atoms with van der Waals surface area (Å²) < 4.78 is 28.8. The van der Waals surface area contributed by atoms with E-state index in [1.165, 1.54) is 0 Å². The first kappa shape index (κ1) is 16.9. The Morgan fingerprint density at radius 1 is 1.27 bits per heavy atom. The lowest BCUT2D eigenvalue weighted by atomic mass is 9.77. The monoisotopic (exact) mass is 343 g/mol. The summed E-state index contributed by atoms with van der Waals surface area (Å²) in [6.07, 6.45) is 2.79. The number of hydrogen-bond acceptors (Lipinski definition) is 6. The molecule has 0 bridgehead atoms. The zero-order valence-electron chi connectivity index (χ0n) is 12.2. The summed E-state index contributed by atoms with van der Waals surface area (Å²) >= 11 is 0. The minimum absolute atomic E-state index is 0. The third-order valence-corrected chi connectivity index (χ3v) is 5.71. The summed E-state index contributed by atoms with van der Waals surface area (Å²) in [6.45, 7) is 1.62. The minimum atomic E-state index is -3.20. The Morgan fingerprint density at radius 3 is 2.41 bits per heavy atom. The third kappa shape index (κ3) is 2.88. The molecule has 0 radical (unpaired) electrons. The fourth-order valence-electron chi connectivity index (χ4n) is 2.30. The van der Waals surface area contributed by atoms with E-state index >= 15 is 0 Å². The van der Waals surface area contributed by atoms with Crippen molar-refractivity contribution in [1.29, 1.82) is 0 Å². The zero-order chi connectivity index (χ0) is 15.1. The Kier molecular flexibility index (Phi) is 4.60. The lowest BCUT2D eigenvalue weighted by Gasteiger charge is -2.34. The van der Waals surface area contributed by atoms with Gasteiger partial charge in [0, 0.05) is 5.56 Å². The first-order valence-corrected chi connectivity index (χ1v) is 8.56. The second-order valence-corrected chi connectivity index (χ2v) is 7.64. The van der Waals surface area contributed by atoms with E-state index in [9.17, 15) is 8.42 Å². The smallest absolute Gasteiger partial charge is 0.257 e. The molecular weight excluding hydrogens is 326 g/mol. The molecule has 0 spiro atoms. The third-order valence-electron chi connectivity index (χ3n) is 3.96. The Bertz CT molecular complexity index is 752. The molecule has 1 aliphatic rings. The van der Waals surface area contributed by atoms with Crippen molar-refractivity contribution in [1.82, 2.24) is 10.1 Å².